The van der Waals surface area contributed by atoms with Crippen LogP contribution in [0.25, 0.3) is 0 Å². The van der Waals surface area contributed by atoms with Crippen molar-refractivity contribution >= 4 is 0 Å². The van der Waals surface area contributed by atoms with E-state index in [0.717, 1.165) is 38.0 Å². The smallest absolute Gasteiger partial charge is 0.194 e. The van der Waals surface area contributed by atoms with Crippen molar-refractivity contribution in [2.24, 2.45) is 17.8 Å². The predicted octanol–water partition coefficient (Wildman–Crippen LogP) is 5.57. The predicted molar refractivity (Wildman–Crippen MR) is 88.2 cm³/mol. The van der Waals surface area contributed by atoms with Gasteiger partial charge < -0.3 is 5.11 Å². The molecule has 0 bridgehead atoms. The minimum Gasteiger partial charge on any atom is -0.396 e. The highest BCUT2D eigenvalue weighted by molar-refractivity contribution is 5.23. The minimum absolute atomic E-state index is 0.150. The van der Waals surface area contributed by atoms with Crippen molar-refractivity contribution in [2.45, 2.75) is 63.7 Å². The molecule has 2 aliphatic rings. The minimum atomic E-state index is -1.37. The second-order valence-electron chi connectivity index (χ2n) is 7.70. The Balaban J connectivity index is 1.53. The largest absolute Gasteiger partial charge is 0.396 e. The first-order valence-electron chi connectivity index (χ1n) is 9.33. The summed E-state index contributed by atoms with van der Waals surface area (Å²) in [5.74, 6) is -1.20. The van der Waals surface area contributed by atoms with Gasteiger partial charge in [0.2, 0.25) is 0 Å². The van der Waals surface area contributed by atoms with Crippen LogP contribution in [0.5, 0.6) is 0 Å². The lowest BCUT2D eigenvalue weighted by atomic mass is 9.68. The number of halogens is 3. The van der Waals surface area contributed by atoms with E-state index in [4.69, 9.17) is 5.11 Å². The van der Waals surface area contributed by atoms with Crippen LogP contribution in [0.2, 0.25) is 0 Å². The average Bonchev–Trinajstić information content (AvgIpc) is 2.60. The monoisotopic (exact) mass is 340 g/mol. The molecule has 0 radical (unpaired) electrons. The summed E-state index contributed by atoms with van der Waals surface area (Å²) in [6.07, 6.45) is 9.94. The van der Waals surface area contributed by atoms with E-state index in [2.05, 4.69) is 0 Å². The molecule has 2 saturated carbocycles. The van der Waals surface area contributed by atoms with Gasteiger partial charge in [-0.1, -0.05) is 12.8 Å². The number of aliphatic hydroxyl groups excluding tert-OH is 1. The van der Waals surface area contributed by atoms with Crippen molar-refractivity contribution in [3.05, 3.63) is 35.1 Å². The van der Waals surface area contributed by atoms with Crippen LogP contribution in [0, 0.1) is 35.2 Å². The highest BCUT2D eigenvalue weighted by Crippen LogP contribution is 2.44. The number of rotatable bonds is 4. The highest BCUT2D eigenvalue weighted by atomic mass is 19.2. The molecular formula is C20H27F3O. The van der Waals surface area contributed by atoms with Gasteiger partial charge in [0.15, 0.2) is 17.5 Å². The van der Waals surface area contributed by atoms with Crippen molar-refractivity contribution in [1.82, 2.24) is 0 Å². The molecule has 0 aliphatic heterocycles. The first-order chi connectivity index (χ1) is 11.6. The van der Waals surface area contributed by atoms with Crippen molar-refractivity contribution in [2.75, 3.05) is 6.61 Å². The van der Waals surface area contributed by atoms with Gasteiger partial charge in [0.05, 0.1) is 0 Å². The fraction of sp³-hybridized carbons (Fsp3) is 0.700. The molecule has 3 rings (SSSR count). The van der Waals surface area contributed by atoms with Gasteiger partial charge in [0.25, 0.3) is 0 Å². The lowest BCUT2D eigenvalue weighted by molar-refractivity contribution is 0.144. The zero-order valence-electron chi connectivity index (χ0n) is 14.1. The third kappa shape index (κ3) is 3.96. The van der Waals surface area contributed by atoms with Crippen LogP contribution in [0.1, 0.15) is 69.3 Å². The third-order valence-corrected chi connectivity index (χ3v) is 6.34. The van der Waals surface area contributed by atoms with Crippen molar-refractivity contribution in [1.29, 1.82) is 0 Å². The Morgan fingerprint density at radius 2 is 1.29 bits per heavy atom. The summed E-state index contributed by atoms with van der Waals surface area (Å²) in [4.78, 5) is 0. The normalized spacial score (nSPS) is 31.2. The second-order valence-corrected chi connectivity index (χ2v) is 7.70. The standard InChI is InChI=1S/C20H27F3O/c21-18-11-17(12-19(22)20(18)23)16-7-5-15(6-8-16)14-3-1-13(2-4-14)9-10-24/h11-16,24H,1-10H2/t13?,14?,15-,16-. The molecule has 0 spiro atoms. The summed E-state index contributed by atoms with van der Waals surface area (Å²) in [7, 11) is 0. The summed E-state index contributed by atoms with van der Waals surface area (Å²) in [6, 6.07) is 2.34. The summed E-state index contributed by atoms with van der Waals surface area (Å²) in [5.41, 5.74) is 0.608. The molecule has 1 aromatic rings. The average molecular weight is 340 g/mol. The van der Waals surface area contributed by atoms with E-state index in [0.29, 0.717) is 24.0 Å². The fourth-order valence-electron chi connectivity index (χ4n) is 4.87. The van der Waals surface area contributed by atoms with Crippen LogP contribution in [-0.4, -0.2) is 11.7 Å². The van der Waals surface area contributed by atoms with Crippen molar-refractivity contribution < 1.29 is 18.3 Å². The molecule has 1 nitrogen and oxygen atoms in total. The Kier molecular flexibility index (Phi) is 5.85. The first kappa shape index (κ1) is 17.8. The molecule has 0 aromatic heterocycles. The van der Waals surface area contributed by atoms with Gasteiger partial charge in [0.1, 0.15) is 0 Å². The molecule has 1 aromatic carbocycles. The van der Waals surface area contributed by atoms with Gasteiger partial charge >= 0.3 is 0 Å². The maximum absolute atomic E-state index is 13.4. The molecule has 4 heteroatoms. The van der Waals surface area contributed by atoms with E-state index in [-0.39, 0.29) is 5.92 Å². The van der Waals surface area contributed by atoms with Gasteiger partial charge in [0, 0.05) is 6.61 Å². The van der Waals surface area contributed by atoms with Gasteiger partial charge in [-0.25, -0.2) is 13.2 Å². The zero-order chi connectivity index (χ0) is 17.1. The molecular weight excluding hydrogens is 313 g/mol. The maximum Gasteiger partial charge on any atom is 0.194 e. The lowest BCUT2D eigenvalue weighted by Crippen LogP contribution is -2.25. The quantitative estimate of drug-likeness (QED) is 0.711. The Hall–Kier alpha value is -1.03. The molecule has 2 aliphatic carbocycles. The van der Waals surface area contributed by atoms with E-state index in [1.54, 1.807) is 0 Å². The summed E-state index contributed by atoms with van der Waals surface area (Å²) >= 11 is 0. The van der Waals surface area contributed by atoms with Crippen LogP contribution >= 0.6 is 0 Å². The van der Waals surface area contributed by atoms with E-state index >= 15 is 0 Å². The lowest BCUT2D eigenvalue weighted by Gasteiger charge is -2.38. The molecule has 0 unspecified atom stereocenters. The second kappa shape index (κ2) is 7.90. The number of hydrogen-bond donors (Lipinski definition) is 1. The summed E-state index contributed by atoms with van der Waals surface area (Å²) in [6.45, 7) is 0.297. The first-order valence-corrected chi connectivity index (χ1v) is 9.33. The summed E-state index contributed by atoms with van der Waals surface area (Å²) in [5, 5.41) is 9.05. The molecule has 0 atom stereocenters. The Bertz CT molecular complexity index is 521. The molecule has 24 heavy (non-hydrogen) atoms. The molecule has 2 fully saturated rings. The van der Waals surface area contributed by atoms with Gasteiger partial charge in [-0.05, 0) is 86.3 Å². The molecule has 134 valence electrons. The third-order valence-electron chi connectivity index (χ3n) is 6.34. The maximum atomic E-state index is 13.4. The Morgan fingerprint density at radius 1 is 0.792 bits per heavy atom. The summed E-state index contributed by atoms with van der Waals surface area (Å²) < 4.78 is 40.0. The molecule has 1 N–H and O–H groups in total. The van der Waals surface area contributed by atoms with Gasteiger partial charge in [-0.3, -0.25) is 0 Å². The van der Waals surface area contributed by atoms with Crippen LogP contribution < -0.4 is 0 Å². The van der Waals surface area contributed by atoms with Gasteiger partial charge in [-0.15, -0.1) is 0 Å². The number of benzene rings is 1. The van der Waals surface area contributed by atoms with Crippen molar-refractivity contribution in [3.63, 3.8) is 0 Å². The molecule has 0 heterocycles. The van der Waals surface area contributed by atoms with E-state index in [1.807, 2.05) is 0 Å². The highest BCUT2D eigenvalue weighted by Gasteiger charge is 2.31. The number of aliphatic hydroxyl groups is 1. The van der Waals surface area contributed by atoms with Crippen LogP contribution in [-0.2, 0) is 0 Å². The van der Waals surface area contributed by atoms with Crippen LogP contribution in [0.4, 0.5) is 13.2 Å². The van der Waals surface area contributed by atoms with Crippen molar-refractivity contribution in [3.8, 4) is 0 Å². The molecule has 0 saturated heterocycles. The SMILES string of the molecule is OCCC1CCC([C@H]2CC[C@H](c3cc(F)c(F)c(F)c3)CC2)CC1. The zero-order valence-corrected chi connectivity index (χ0v) is 14.1. The topological polar surface area (TPSA) is 20.2 Å². The number of hydrogen-bond acceptors (Lipinski definition) is 1. The Morgan fingerprint density at radius 3 is 1.79 bits per heavy atom. The van der Waals surface area contributed by atoms with Crippen LogP contribution in [0.15, 0.2) is 12.1 Å². The van der Waals surface area contributed by atoms with E-state index in [9.17, 15) is 13.2 Å². The molecule has 0 amide bonds. The Labute approximate surface area is 142 Å². The van der Waals surface area contributed by atoms with E-state index < -0.39 is 17.5 Å². The van der Waals surface area contributed by atoms with E-state index in [1.165, 1.54) is 37.8 Å². The van der Waals surface area contributed by atoms with Gasteiger partial charge in [-0.2, -0.15) is 0 Å². The van der Waals surface area contributed by atoms with Crippen LogP contribution in [0.3, 0.4) is 0 Å². The fourth-order valence-corrected chi connectivity index (χ4v) is 4.87.